The Kier molecular flexibility index (Phi) is 3.90. The predicted octanol–water partition coefficient (Wildman–Crippen LogP) is 1.92. The predicted molar refractivity (Wildman–Crippen MR) is 89.8 cm³/mol. The van der Waals surface area contributed by atoms with Crippen LogP contribution in [0, 0.1) is 0 Å². The maximum Gasteiger partial charge on any atom is 0.145 e. The van der Waals surface area contributed by atoms with Crippen LogP contribution in [0.2, 0.25) is 0 Å². The fraction of sp³-hybridized carbons (Fsp3) is 0.500. The maximum atomic E-state index is 6.10. The lowest BCUT2D eigenvalue weighted by molar-refractivity contribution is 0.0343. The van der Waals surface area contributed by atoms with E-state index in [4.69, 9.17) is 15.5 Å². The van der Waals surface area contributed by atoms with Crippen LogP contribution < -0.4 is 5.73 Å². The van der Waals surface area contributed by atoms with E-state index in [0.29, 0.717) is 17.1 Å². The first-order valence-electron chi connectivity index (χ1n) is 7.76. The SMILES string of the molecule is Nc1nc(CN2CCS[C@@H]3COCC[C@@H]32)nc2ccccc12. The quantitative estimate of drug-likeness (QED) is 0.913. The molecule has 3 heterocycles. The van der Waals surface area contributed by atoms with E-state index in [9.17, 15) is 0 Å². The smallest absolute Gasteiger partial charge is 0.145 e. The van der Waals surface area contributed by atoms with Crippen LogP contribution in [0.1, 0.15) is 12.2 Å². The molecule has 0 aliphatic carbocycles. The summed E-state index contributed by atoms with van der Waals surface area (Å²) in [5, 5.41) is 1.52. The zero-order valence-electron chi connectivity index (χ0n) is 12.4. The van der Waals surface area contributed by atoms with Gasteiger partial charge in [-0.1, -0.05) is 12.1 Å². The van der Waals surface area contributed by atoms with Crippen LogP contribution in [0.5, 0.6) is 0 Å². The molecule has 2 aliphatic heterocycles. The van der Waals surface area contributed by atoms with Gasteiger partial charge in [0, 0.05) is 35.6 Å². The summed E-state index contributed by atoms with van der Waals surface area (Å²) in [4.78, 5) is 11.7. The van der Waals surface area contributed by atoms with Gasteiger partial charge < -0.3 is 10.5 Å². The number of fused-ring (bicyclic) bond motifs is 2. The first kappa shape index (κ1) is 14.2. The van der Waals surface area contributed by atoms with Gasteiger partial charge in [0.25, 0.3) is 0 Å². The largest absolute Gasteiger partial charge is 0.383 e. The second kappa shape index (κ2) is 6.02. The standard InChI is InChI=1S/C16H20N4OS/c17-16-11-3-1-2-4-12(11)18-15(19-16)9-20-6-8-22-14-10-21-7-5-13(14)20/h1-4,13-14H,5-10H2,(H2,17,18,19)/t13-,14+/m0/s1. The van der Waals surface area contributed by atoms with Crippen molar-refractivity contribution in [2.24, 2.45) is 0 Å². The molecular weight excluding hydrogens is 296 g/mol. The molecule has 6 heteroatoms. The molecule has 0 amide bonds. The van der Waals surface area contributed by atoms with Gasteiger partial charge in [0.1, 0.15) is 11.6 Å². The third-order valence-corrected chi connectivity index (χ3v) is 5.77. The number of hydrogen-bond acceptors (Lipinski definition) is 6. The van der Waals surface area contributed by atoms with Gasteiger partial charge in [-0.2, -0.15) is 11.8 Å². The molecule has 0 saturated carbocycles. The fourth-order valence-electron chi connectivity index (χ4n) is 3.36. The van der Waals surface area contributed by atoms with Crippen molar-refractivity contribution in [3.63, 3.8) is 0 Å². The molecule has 22 heavy (non-hydrogen) atoms. The zero-order valence-corrected chi connectivity index (χ0v) is 13.3. The van der Waals surface area contributed by atoms with E-state index in [0.717, 1.165) is 55.2 Å². The summed E-state index contributed by atoms with van der Waals surface area (Å²) in [5.41, 5.74) is 7.03. The van der Waals surface area contributed by atoms with Gasteiger partial charge in [0.2, 0.25) is 0 Å². The number of nitrogens with zero attached hydrogens (tertiary/aromatic N) is 3. The van der Waals surface area contributed by atoms with Crippen LogP contribution in [0.25, 0.3) is 10.9 Å². The van der Waals surface area contributed by atoms with Crippen LogP contribution in [-0.2, 0) is 11.3 Å². The molecule has 2 N–H and O–H groups in total. The van der Waals surface area contributed by atoms with E-state index in [1.165, 1.54) is 0 Å². The first-order chi connectivity index (χ1) is 10.8. The van der Waals surface area contributed by atoms with Crippen LogP contribution in [-0.4, -0.2) is 51.7 Å². The summed E-state index contributed by atoms with van der Waals surface area (Å²) < 4.78 is 5.62. The normalized spacial score (nSPS) is 26.0. The second-order valence-corrected chi connectivity index (χ2v) is 7.20. The van der Waals surface area contributed by atoms with Crippen molar-refractivity contribution in [2.45, 2.75) is 24.3 Å². The van der Waals surface area contributed by atoms with Gasteiger partial charge in [0.05, 0.1) is 18.7 Å². The number of ether oxygens (including phenoxy) is 1. The maximum absolute atomic E-state index is 6.10. The van der Waals surface area contributed by atoms with E-state index in [1.807, 2.05) is 36.0 Å². The Morgan fingerprint density at radius 1 is 1.32 bits per heavy atom. The average molecular weight is 316 g/mol. The molecule has 116 valence electrons. The number of nitrogen functional groups attached to an aromatic ring is 1. The molecule has 2 atom stereocenters. The van der Waals surface area contributed by atoms with Gasteiger partial charge in [-0.05, 0) is 18.6 Å². The summed E-state index contributed by atoms with van der Waals surface area (Å²) in [6, 6.07) is 8.50. The highest BCUT2D eigenvalue weighted by molar-refractivity contribution is 8.00. The molecule has 2 aromatic rings. The van der Waals surface area contributed by atoms with E-state index in [1.54, 1.807) is 0 Å². The molecule has 1 aromatic carbocycles. The highest BCUT2D eigenvalue weighted by Gasteiger charge is 2.34. The highest BCUT2D eigenvalue weighted by Crippen LogP contribution is 2.31. The number of para-hydroxylation sites is 1. The molecule has 0 unspecified atom stereocenters. The second-order valence-electron chi connectivity index (χ2n) is 5.85. The van der Waals surface area contributed by atoms with Gasteiger partial charge in [-0.15, -0.1) is 0 Å². The number of hydrogen-bond donors (Lipinski definition) is 1. The molecule has 0 bridgehead atoms. The minimum atomic E-state index is 0.573. The Labute approximate surface area is 134 Å². The number of aromatic nitrogens is 2. The van der Waals surface area contributed by atoms with Crippen LogP contribution in [0.3, 0.4) is 0 Å². The lowest BCUT2D eigenvalue weighted by Gasteiger charge is -2.43. The van der Waals surface area contributed by atoms with Crippen molar-refractivity contribution in [3.8, 4) is 0 Å². The van der Waals surface area contributed by atoms with Crippen LogP contribution in [0.4, 0.5) is 5.82 Å². The van der Waals surface area contributed by atoms with Gasteiger partial charge in [-0.3, -0.25) is 4.90 Å². The number of thioether (sulfide) groups is 1. The summed E-state index contributed by atoms with van der Waals surface area (Å²) >= 11 is 2.03. The Morgan fingerprint density at radius 3 is 3.18 bits per heavy atom. The Morgan fingerprint density at radius 2 is 2.23 bits per heavy atom. The van der Waals surface area contributed by atoms with Crippen molar-refractivity contribution in [1.29, 1.82) is 0 Å². The number of anilines is 1. The highest BCUT2D eigenvalue weighted by atomic mass is 32.2. The van der Waals surface area contributed by atoms with E-state index in [-0.39, 0.29) is 0 Å². The lowest BCUT2D eigenvalue weighted by atomic mass is 10.1. The van der Waals surface area contributed by atoms with Gasteiger partial charge >= 0.3 is 0 Å². The molecule has 1 aromatic heterocycles. The molecule has 4 rings (SSSR count). The van der Waals surface area contributed by atoms with Crippen LogP contribution in [0.15, 0.2) is 24.3 Å². The number of benzene rings is 1. The number of nitrogens with two attached hydrogens (primary N) is 1. The molecule has 0 spiro atoms. The Bertz CT molecular complexity index is 678. The minimum Gasteiger partial charge on any atom is -0.383 e. The van der Waals surface area contributed by atoms with Gasteiger partial charge in [-0.25, -0.2) is 9.97 Å². The Balaban J connectivity index is 1.59. The number of rotatable bonds is 2. The molecule has 0 radical (unpaired) electrons. The van der Waals surface area contributed by atoms with E-state index < -0.39 is 0 Å². The van der Waals surface area contributed by atoms with Crippen molar-refractivity contribution in [2.75, 3.05) is 31.2 Å². The summed E-state index contributed by atoms with van der Waals surface area (Å²) in [5.74, 6) is 2.55. The van der Waals surface area contributed by atoms with Crippen LogP contribution >= 0.6 is 11.8 Å². The zero-order chi connectivity index (χ0) is 14.9. The average Bonchev–Trinajstić information content (AvgIpc) is 2.55. The van der Waals surface area contributed by atoms with Crippen molar-refractivity contribution in [3.05, 3.63) is 30.1 Å². The first-order valence-corrected chi connectivity index (χ1v) is 8.80. The summed E-state index contributed by atoms with van der Waals surface area (Å²) in [6.45, 7) is 3.59. The summed E-state index contributed by atoms with van der Waals surface area (Å²) in [6.07, 6.45) is 1.10. The monoisotopic (exact) mass is 316 g/mol. The Hall–Kier alpha value is -1.37. The molecule has 2 fully saturated rings. The lowest BCUT2D eigenvalue weighted by Crippen LogP contribution is -2.51. The molecule has 2 saturated heterocycles. The topological polar surface area (TPSA) is 64.3 Å². The van der Waals surface area contributed by atoms with Crippen molar-refractivity contribution in [1.82, 2.24) is 14.9 Å². The summed E-state index contributed by atoms with van der Waals surface area (Å²) in [7, 11) is 0. The van der Waals surface area contributed by atoms with E-state index >= 15 is 0 Å². The molecule has 5 nitrogen and oxygen atoms in total. The third-order valence-electron chi connectivity index (χ3n) is 4.47. The van der Waals surface area contributed by atoms with Crippen molar-refractivity contribution < 1.29 is 4.74 Å². The molecule has 2 aliphatic rings. The van der Waals surface area contributed by atoms with Crippen molar-refractivity contribution >= 4 is 28.5 Å². The fourth-order valence-corrected chi connectivity index (χ4v) is 4.73. The third kappa shape index (κ3) is 2.66. The minimum absolute atomic E-state index is 0.573. The van der Waals surface area contributed by atoms with E-state index in [2.05, 4.69) is 9.88 Å². The molecular formula is C16H20N4OS. The van der Waals surface area contributed by atoms with Gasteiger partial charge in [0.15, 0.2) is 0 Å².